The Morgan fingerprint density at radius 2 is 0.862 bits per heavy atom. The number of rotatable bonds is 38. The van der Waals surface area contributed by atoms with Gasteiger partial charge in [-0.25, -0.2) is 86.1 Å². The Balaban J connectivity index is 0.000000156. The number of fused-ring (bicyclic) bond motifs is 4. The predicted molar refractivity (Wildman–Crippen MR) is 489 cm³/mol. The molecule has 6 fully saturated rings. The lowest BCUT2D eigenvalue weighted by Crippen LogP contribution is -2.36. The van der Waals surface area contributed by atoms with Crippen molar-refractivity contribution in [2.24, 2.45) is 11.8 Å². The number of methoxy groups -OCH3 is 4. The van der Waals surface area contributed by atoms with E-state index in [1.165, 1.54) is 113 Å². The topological polar surface area (TPSA) is 622 Å². The van der Waals surface area contributed by atoms with Gasteiger partial charge in [0, 0.05) is 95.9 Å². The summed E-state index contributed by atoms with van der Waals surface area (Å²) in [7, 11) is 4.88. The van der Waals surface area contributed by atoms with Gasteiger partial charge in [-0.3, -0.25) is 23.1 Å². The first-order valence-corrected chi connectivity index (χ1v) is 48.2. The third-order valence-corrected chi connectivity index (χ3v) is 26.8. The lowest BCUT2D eigenvalue weighted by atomic mass is 9.89. The van der Waals surface area contributed by atoms with E-state index in [2.05, 4.69) is 96.2 Å². The fourth-order valence-corrected chi connectivity index (χ4v) is 19.4. The number of alkyl halides is 3. The number of aliphatic hydroxyl groups excluding tert-OH is 8. The highest BCUT2D eigenvalue weighted by Crippen LogP contribution is 2.39. The quantitative estimate of drug-likeness (QED) is 0.0238. The van der Waals surface area contributed by atoms with E-state index in [9.17, 15) is 75.7 Å². The molecule has 16 atom stereocenters. The molecule has 5 aliphatic heterocycles. The smallest absolute Gasteiger partial charge is 0.471 e. The van der Waals surface area contributed by atoms with Gasteiger partial charge in [-0.1, -0.05) is 49.6 Å². The number of amides is 1. The summed E-state index contributed by atoms with van der Waals surface area (Å²) in [6.45, 7) is 7.30. The number of aliphatic hydroxyl groups is 8. The van der Waals surface area contributed by atoms with Crippen LogP contribution in [0.3, 0.4) is 0 Å². The van der Waals surface area contributed by atoms with Crippen LogP contribution in [0.5, 0.6) is 5.75 Å². The van der Waals surface area contributed by atoms with Gasteiger partial charge in [0.05, 0.1) is 88.1 Å². The van der Waals surface area contributed by atoms with E-state index < -0.39 is 143 Å². The number of nitrogens with zero attached hydrogens (tertiary/aromatic N) is 16. The molecule has 758 valence electrons. The molecule has 2 aromatic carbocycles. The largest absolute Gasteiger partial charge is 0.491 e. The van der Waals surface area contributed by atoms with E-state index in [1.54, 1.807) is 49.0 Å². The second kappa shape index (κ2) is 48.0. The van der Waals surface area contributed by atoms with Gasteiger partial charge in [0.25, 0.3) is 0 Å². The molecular formula is C85H122F3N25O23S2. The number of anilines is 4. The number of aromatic nitrogens is 16. The molecule has 48 nitrogen and oxygen atoms in total. The summed E-state index contributed by atoms with van der Waals surface area (Å²) in [5, 5.41) is 104. The van der Waals surface area contributed by atoms with Crippen molar-refractivity contribution in [1.82, 2.24) is 103 Å². The summed E-state index contributed by atoms with van der Waals surface area (Å²) in [6.07, 6.45) is -6.09. The average Bonchev–Trinajstić information content (AvgIpc) is 1.63. The van der Waals surface area contributed by atoms with Gasteiger partial charge in [0.1, 0.15) is 102 Å². The van der Waals surface area contributed by atoms with Crippen LogP contribution in [0.4, 0.5) is 36.4 Å². The highest BCUT2D eigenvalue weighted by Gasteiger charge is 2.49. The Bertz CT molecular complexity index is 5890. The number of carbonyl (C=O) groups excluding carboxylic acids is 1. The Labute approximate surface area is 792 Å². The van der Waals surface area contributed by atoms with Crippen molar-refractivity contribution >= 4 is 93.9 Å². The molecule has 16 rings (SSSR count). The Hall–Kier alpha value is -10.0. The highest BCUT2D eigenvalue weighted by atomic mass is 32.2. The molecule has 13 heterocycles. The van der Waals surface area contributed by atoms with E-state index in [4.69, 9.17) is 52.4 Å². The SMILES string of the molecule is CNc1nc(CCNCC2CCCCC2)nc2c1ncn2[C@@H]1O[C@H](COC)[C@@H](O)[C@H]1O.CNc1nc(CNCc2ccc(OC(C)C)cc2)nc2c1ncn2[C@@H]1O[C@H](COC)[C@@H](O)[C@H]1O.CNc1nc(CNS(=O)(=O)CC2CCOCC2)nc2c1ncn2[C@@H]1O[C@H](COC)[C@@H](O)[C@H]1O.CNc1nc(CNS(=O)(=O)c2ccccc2CNC(=O)C(F)(F)F)nc2c1ncn2[C@@H]1O[C@H](COC)[C@@H](O)[C@H]1O. The van der Waals surface area contributed by atoms with Gasteiger partial charge < -0.3 is 125 Å². The Morgan fingerprint density at radius 1 is 0.471 bits per heavy atom. The van der Waals surface area contributed by atoms with Crippen LogP contribution in [0.15, 0.2) is 78.7 Å². The summed E-state index contributed by atoms with van der Waals surface area (Å²) >= 11 is 0. The second-order valence-electron chi connectivity index (χ2n) is 33.9. The van der Waals surface area contributed by atoms with Crippen LogP contribution in [-0.4, -0.2) is 342 Å². The minimum Gasteiger partial charge on any atom is -0.491 e. The monoisotopic (exact) mass is 1980 g/mol. The van der Waals surface area contributed by atoms with E-state index in [-0.39, 0.29) is 89.8 Å². The summed E-state index contributed by atoms with van der Waals surface area (Å²) in [6, 6.07) is 13.2. The molecule has 53 heteroatoms. The Kier molecular flexibility index (Phi) is 36.6. The van der Waals surface area contributed by atoms with Gasteiger partial charge in [-0.2, -0.15) is 13.2 Å². The zero-order valence-electron chi connectivity index (χ0n) is 77.8. The van der Waals surface area contributed by atoms with Crippen molar-refractivity contribution in [1.29, 1.82) is 0 Å². The first-order valence-electron chi connectivity index (χ1n) is 45.0. The number of ether oxygens (including phenoxy) is 10. The average molecular weight is 1980 g/mol. The third kappa shape index (κ3) is 25.5. The normalized spacial score (nSPS) is 24.3. The molecular weight excluding hydrogens is 1860 g/mol. The molecule has 1 saturated carbocycles. The maximum absolute atomic E-state index is 13.1. The van der Waals surface area contributed by atoms with Crippen LogP contribution < -0.4 is 51.4 Å². The number of benzene rings is 2. The summed E-state index contributed by atoms with van der Waals surface area (Å²) in [5.74, 6) is 2.78. The van der Waals surface area contributed by atoms with Crippen molar-refractivity contribution in [3.05, 3.63) is 108 Å². The number of hydrogen-bond acceptors (Lipinski definition) is 41. The summed E-state index contributed by atoms with van der Waals surface area (Å²) in [5.41, 5.74) is 4.45. The minimum atomic E-state index is -5.12. The van der Waals surface area contributed by atoms with E-state index in [0.29, 0.717) is 108 Å². The number of nitrogens with one attached hydrogen (secondary N) is 9. The number of sulfonamides is 2. The molecule has 0 bridgehead atoms. The predicted octanol–water partition coefficient (Wildman–Crippen LogP) is 0.827. The molecule has 8 aromatic heterocycles. The molecule has 17 N–H and O–H groups in total. The maximum atomic E-state index is 13.1. The number of carbonyl (C=O) groups is 1. The van der Waals surface area contributed by atoms with Gasteiger partial charge >= 0.3 is 12.1 Å². The van der Waals surface area contributed by atoms with Crippen molar-refractivity contribution < 1.29 is 123 Å². The van der Waals surface area contributed by atoms with Crippen LogP contribution in [0.1, 0.15) is 118 Å². The summed E-state index contributed by atoms with van der Waals surface area (Å²) in [4.78, 5) is 64.2. The van der Waals surface area contributed by atoms with Crippen molar-refractivity contribution in [3.8, 4) is 5.75 Å². The zero-order chi connectivity index (χ0) is 98.9. The van der Waals surface area contributed by atoms with Gasteiger partial charge in [0.2, 0.25) is 20.0 Å². The van der Waals surface area contributed by atoms with E-state index >= 15 is 0 Å². The lowest BCUT2D eigenvalue weighted by molar-refractivity contribution is -0.173. The molecule has 0 unspecified atom stereocenters. The van der Waals surface area contributed by atoms with Crippen molar-refractivity contribution in [2.45, 2.75) is 213 Å². The fraction of sp³-hybridized carbons (Fsp3) is 0.612. The third-order valence-electron chi connectivity index (χ3n) is 23.8. The standard InChI is InChI=1S/C23H32N6O5.C22H26F3N7O7S.C21H34N6O4.C19H30N6O7S/c1-13(2)33-15-7-5-14(6-8-15)9-25-10-17-27-21(24-3)18-22(28-17)29(12-26-18)23-20(31)19(30)16(34-23)11-32-4;1-26-18-15-19(32(10-28-15)20-17(34)16(33)12(39-20)9-38-2)31-14(30-18)8-29-40(36,37)13-6-4-3-5-11(13)7-27-21(35)22(23,24)25;1-22-19-16-20(26-15(25-19)8-9-23-10-13-6-4-3-5-7-13)27(12-24-16)21-18(29)17(28)14(31-21)11-30-2;1-20-17-14-18(25(10-21-14)19-16(27)15(26)12(32-19)8-30-2)24-13(23-17)7-22-33(28,29)9-11-3-5-31-6-4-11/h5-8,12-13,16,19-20,23,25,30-31H,9-11H2,1-4H3,(H,24,27,28);3-6,10,12,16-17,20,29,33-34H,7-9H2,1-2H3,(H,27,35)(H,26,30,31);12-14,17-18,21,23,28-29H,3-11H2,1-2H3,(H,22,25,26);10-12,15-16,19,22,26-27H,3-9H2,1-2H3,(H,20,23,24)/t16-,19-,20-,23-;12-,16-,17-,20-;14-,17-,18-,21-;12-,15-,16-,19-/m1111/s1. The molecule has 6 aliphatic rings. The molecule has 5 saturated heterocycles. The van der Waals surface area contributed by atoms with Crippen LogP contribution in [0.2, 0.25) is 0 Å². The van der Waals surface area contributed by atoms with E-state index in [1.807, 2.05) is 38.1 Å². The number of halogens is 3. The van der Waals surface area contributed by atoms with Gasteiger partial charge in [0.15, 0.2) is 92.8 Å². The van der Waals surface area contributed by atoms with Crippen LogP contribution in [0, 0.1) is 11.8 Å². The van der Waals surface area contributed by atoms with Gasteiger partial charge in [-0.15, -0.1) is 0 Å². The molecule has 0 radical (unpaired) electrons. The molecule has 1 amide bonds. The highest BCUT2D eigenvalue weighted by molar-refractivity contribution is 7.89. The van der Waals surface area contributed by atoms with Crippen LogP contribution in [-0.2, 0) is 107 Å². The zero-order valence-corrected chi connectivity index (χ0v) is 79.4. The summed E-state index contributed by atoms with van der Waals surface area (Å²) < 4.78 is 154. The Morgan fingerprint density at radius 3 is 1.26 bits per heavy atom. The second-order valence-corrected chi connectivity index (χ2v) is 37.5. The molecule has 0 spiro atoms. The van der Waals surface area contributed by atoms with Gasteiger partial charge in [-0.05, 0) is 87.2 Å². The maximum Gasteiger partial charge on any atom is 0.471 e. The minimum absolute atomic E-state index is 0.0203. The molecule has 10 aromatic rings. The fourth-order valence-electron chi connectivity index (χ4n) is 16.7. The van der Waals surface area contributed by atoms with Crippen LogP contribution >= 0.6 is 0 Å². The molecule has 1 aliphatic carbocycles. The molecule has 138 heavy (non-hydrogen) atoms. The van der Waals surface area contributed by atoms with E-state index in [0.717, 1.165) is 30.3 Å². The number of imidazole rings is 4. The first kappa shape index (κ1) is 105. The van der Waals surface area contributed by atoms with Crippen molar-refractivity contribution in [2.75, 3.05) is 136 Å². The number of hydrogen-bond donors (Lipinski definition) is 17. The first-order chi connectivity index (χ1) is 66.2. The van der Waals surface area contributed by atoms with Crippen molar-refractivity contribution in [3.63, 3.8) is 0 Å². The lowest BCUT2D eigenvalue weighted by Gasteiger charge is -2.21. The van der Waals surface area contributed by atoms with Crippen LogP contribution in [0.25, 0.3) is 44.7 Å².